The Bertz CT molecular complexity index is 527. The molecule has 145 valence electrons. The number of alkyl halides is 1. The van der Waals surface area contributed by atoms with Crippen LogP contribution in [0.1, 0.15) is 89.5 Å². The molecule has 0 nitrogen and oxygen atoms in total. The van der Waals surface area contributed by atoms with Crippen LogP contribution in [0.2, 0.25) is 0 Å². The van der Waals surface area contributed by atoms with Crippen LogP contribution >= 0.6 is 18.9 Å². The maximum atomic E-state index is 7.13. The zero-order valence-electron chi connectivity index (χ0n) is 15.9. The van der Waals surface area contributed by atoms with Crippen molar-refractivity contribution in [2.45, 2.75) is 98.9 Å². The van der Waals surface area contributed by atoms with Gasteiger partial charge >= 0.3 is 172 Å². The first-order chi connectivity index (χ1) is 12.1. The molecule has 0 aromatic heterocycles. The van der Waals surface area contributed by atoms with E-state index in [4.69, 9.17) is 11.6 Å². The van der Waals surface area contributed by atoms with Gasteiger partial charge in [-0.1, -0.05) is 0 Å². The van der Waals surface area contributed by atoms with Gasteiger partial charge in [-0.15, -0.1) is 0 Å². The average molecular weight is 472 g/mol. The van der Waals surface area contributed by atoms with Crippen molar-refractivity contribution in [2.75, 3.05) is 0 Å². The molecular formula is C22H35ClPPd. The molecule has 0 spiro atoms. The van der Waals surface area contributed by atoms with Crippen LogP contribution in [0.15, 0.2) is 24.3 Å². The van der Waals surface area contributed by atoms with E-state index in [9.17, 15) is 0 Å². The van der Waals surface area contributed by atoms with Crippen LogP contribution in [-0.2, 0) is 19.2 Å². The van der Waals surface area contributed by atoms with Gasteiger partial charge in [0.15, 0.2) is 0 Å². The van der Waals surface area contributed by atoms with E-state index in [0.29, 0.717) is 5.92 Å². The molecule has 1 aromatic carbocycles. The summed E-state index contributed by atoms with van der Waals surface area (Å²) in [5, 5.41) is 1.66. The van der Waals surface area contributed by atoms with Crippen molar-refractivity contribution in [3.63, 3.8) is 0 Å². The molecule has 1 unspecified atom stereocenters. The molecule has 0 heterocycles. The summed E-state index contributed by atoms with van der Waals surface area (Å²) in [6.45, 7) is 4.64. The molecule has 25 heavy (non-hydrogen) atoms. The second kappa shape index (κ2) is 9.20. The third kappa shape index (κ3) is 4.22. The van der Waals surface area contributed by atoms with Gasteiger partial charge < -0.3 is 0 Å². The molecule has 2 saturated carbocycles. The van der Waals surface area contributed by atoms with Crippen molar-refractivity contribution in [3.05, 3.63) is 29.8 Å². The van der Waals surface area contributed by atoms with Crippen LogP contribution in [0, 0.1) is 0 Å². The molecule has 0 amide bonds. The van der Waals surface area contributed by atoms with Gasteiger partial charge in [-0.05, 0) is 0 Å². The summed E-state index contributed by atoms with van der Waals surface area (Å²) >= 11 is 10.8. The van der Waals surface area contributed by atoms with Crippen molar-refractivity contribution in [3.8, 4) is 0 Å². The Labute approximate surface area is 171 Å². The van der Waals surface area contributed by atoms with Crippen LogP contribution in [0.3, 0.4) is 0 Å². The number of rotatable bonds is 5. The number of halogens is 1. The Balaban J connectivity index is 2.10. The summed E-state index contributed by atoms with van der Waals surface area (Å²) in [5.74, 6) is 0.594. The minimum absolute atomic E-state index is 0.198. The van der Waals surface area contributed by atoms with Gasteiger partial charge in [0.2, 0.25) is 0 Å². The Morgan fingerprint density at radius 2 is 1.44 bits per heavy atom. The molecule has 0 radical (unpaired) electrons. The van der Waals surface area contributed by atoms with E-state index >= 15 is 0 Å². The summed E-state index contributed by atoms with van der Waals surface area (Å²) in [5.41, 5.74) is 3.22. The van der Waals surface area contributed by atoms with Crippen molar-refractivity contribution in [2.24, 2.45) is 0 Å². The third-order valence-electron chi connectivity index (χ3n) is 6.95. The molecule has 2 fully saturated rings. The van der Waals surface area contributed by atoms with E-state index in [0.717, 1.165) is 11.3 Å². The average Bonchev–Trinajstić information content (AvgIpc) is 2.64. The van der Waals surface area contributed by atoms with Gasteiger partial charge in [-0.2, -0.15) is 0 Å². The molecule has 2 aliphatic carbocycles. The SMILES string of the molecule is CC(C)c1cccc([PH]([CH](Cl)[Pd])(C2CCCCC2)C2CCCCC2)c1. The van der Waals surface area contributed by atoms with Gasteiger partial charge in [0, 0.05) is 0 Å². The molecule has 0 saturated heterocycles. The van der Waals surface area contributed by atoms with Crippen molar-refractivity contribution >= 4 is 24.2 Å². The topological polar surface area (TPSA) is 0 Å². The fraction of sp³-hybridized carbons (Fsp3) is 0.727. The van der Waals surface area contributed by atoms with Crippen molar-refractivity contribution < 1.29 is 19.2 Å². The minimum atomic E-state index is -1.83. The molecule has 3 rings (SSSR count). The third-order valence-corrected chi connectivity index (χ3v) is 16.1. The number of benzene rings is 1. The fourth-order valence-corrected chi connectivity index (χ4v) is 16.0. The predicted molar refractivity (Wildman–Crippen MR) is 112 cm³/mol. The Hall–Kier alpha value is 0.602. The van der Waals surface area contributed by atoms with E-state index in [1.165, 1.54) is 69.8 Å². The molecule has 0 bridgehead atoms. The zero-order chi connectivity index (χ0) is 17.9. The fourth-order valence-electron chi connectivity index (χ4n) is 5.58. The van der Waals surface area contributed by atoms with Crippen LogP contribution in [-0.4, -0.2) is 14.9 Å². The Morgan fingerprint density at radius 3 is 1.88 bits per heavy atom. The standard InChI is InChI=1S/C22H35ClP.Pd/c1-18(2)19-10-9-15-22(16-19)24(17-23,20-11-5-3-6-12-20)21-13-7-4-8-14-21;/h9-10,15-18,20-21,24H,3-8,11-14H2,1-2H3;. The normalized spacial score (nSPS) is 23.0. The quantitative estimate of drug-likeness (QED) is 0.248. The second-order valence-electron chi connectivity index (χ2n) is 8.65. The first kappa shape index (κ1) is 20.3. The molecule has 2 aliphatic rings. The molecule has 0 N–H and O–H groups in total. The second-order valence-corrected chi connectivity index (χ2v) is 16.3. The van der Waals surface area contributed by atoms with Gasteiger partial charge in [-0.3, -0.25) is 0 Å². The van der Waals surface area contributed by atoms with E-state index in [-0.39, 0.29) is 3.59 Å². The number of hydrogen-bond donors (Lipinski definition) is 0. The van der Waals surface area contributed by atoms with E-state index in [1.807, 2.05) is 0 Å². The van der Waals surface area contributed by atoms with Crippen molar-refractivity contribution in [1.29, 1.82) is 0 Å². The number of hydrogen-bond acceptors (Lipinski definition) is 0. The molecule has 1 aromatic rings. The van der Waals surface area contributed by atoms with Gasteiger partial charge in [0.1, 0.15) is 0 Å². The maximum absolute atomic E-state index is 7.13. The first-order valence-electron chi connectivity index (χ1n) is 10.4. The van der Waals surface area contributed by atoms with Gasteiger partial charge in [-0.25, -0.2) is 0 Å². The summed E-state index contributed by atoms with van der Waals surface area (Å²) in [6, 6.07) is 9.64. The van der Waals surface area contributed by atoms with Gasteiger partial charge in [0.05, 0.1) is 0 Å². The Kier molecular flexibility index (Phi) is 7.48. The summed E-state index contributed by atoms with van der Waals surface area (Å²) < 4.78 is 0.198. The van der Waals surface area contributed by atoms with E-state index in [2.05, 4.69) is 57.3 Å². The summed E-state index contributed by atoms with van der Waals surface area (Å²) in [4.78, 5) is 0. The molecule has 3 heteroatoms. The summed E-state index contributed by atoms with van der Waals surface area (Å²) in [6.07, 6.45) is 14.2. The van der Waals surface area contributed by atoms with Crippen LogP contribution in [0.5, 0.6) is 0 Å². The summed E-state index contributed by atoms with van der Waals surface area (Å²) in [7, 11) is -1.83. The monoisotopic (exact) mass is 471 g/mol. The van der Waals surface area contributed by atoms with Crippen molar-refractivity contribution in [1.82, 2.24) is 0 Å². The van der Waals surface area contributed by atoms with Crippen LogP contribution in [0.4, 0.5) is 0 Å². The molecule has 1 atom stereocenters. The van der Waals surface area contributed by atoms with Crippen LogP contribution < -0.4 is 5.30 Å². The molecular weight excluding hydrogens is 437 g/mol. The first-order valence-corrected chi connectivity index (χ1v) is 14.0. The predicted octanol–water partition coefficient (Wildman–Crippen LogP) is 6.92. The molecule has 0 aliphatic heterocycles. The zero-order valence-corrected chi connectivity index (χ0v) is 19.2. The van der Waals surface area contributed by atoms with Gasteiger partial charge in [0.25, 0.3) is 0 Å². The van der Waals surface area contributed by atoms with Crippen LogP contribution in [0.25, 0.3) is 0 Å². The van der Waals surface area contributed by atoms with E-state index < -0.39 is 7.26 Å². The Morgan fingerprint density at radius 1 is 0.920 bits per heavy atom. The van der Waals surface area contributed by atoms with E-state index in [1.54, 1.807) is 5.30 Å².